The molecule has 3 nitrogen and oxygen atoms in total. The largest absolute Gasteiger partial charge is 0.474 e. The molecule has 0 amide bonds. The van der Waals surface area contributed by atoms with Crippen LogP contribution in [0.3, 0.4) is 0 Å². The summed E-state index contributed by atoms with van der Waals surface area (Å²) >= 11 is 0. The molecule has 0 N–H and O–H groups in total. The fraction of sp³-hybridized carbons (Fsp3) is 0.360. The van der Waals surface area contributed by atoms with Gasteiger partial charge in [-0.3, -0.25) is 0 Å². The minimum Gasteiger partial charge on any atom is -0.474 e. The standard InChI is InChI=1S/C25H26N2O/c1-16-14-21(24-27-25(2,3)15-28-24)26-23-20-11-9-18-6-4-17(5-7-18)8-10-19(12-13-20)22(16)23/h4-7,12-14H,8-11,15H2,1-3H3. The molecular weight excluding hydrogens is 344 g/mol. The average Bonchev–Trinajstić information content (AvgIpc) is 3.03. The van der Waals surface area contributed by atoms with E-state index in [1.165, 1.54) is 33.2 Å². The summed E-state index contributed by atoms with van der Waals surface area (Å²) in [4.78, 5) is 9.83. The monoisotopic (exact) mass is 370 g/mol. The fourth-order valence-corrected chi connectivity index (χ4v) is 4.34. The van der Waals surface area contributed by atoms with E-state index in [2.05, 4.69) is 63.2 Å². The molecule has 0 spiro atoms. The van der Waals surface area contributed by atoms with E-state index in [-0.39, 0.29) is 5.54 Å². The number of aryl methyl sites for hydroxylation is 5. The molecule has 0 saturated heterocycles. The second-order valence-electron chi connectivity index (χ2n) is 8.77. The molecule has 3 aromatic rings. The number of aliphatic imine (C=N–C) groups is 1. The van der Waals surface area contributed by atoms with E-state index < -0.39 is 0 Å². The van der Waals surface area contributed by atoms with Crippen molar-refractivity contribution in [2.45, 2.75) is 52.0 Å². The Balaban J connectivity index is 1.67. The van der Waals surface area contributed by atoms with Crippen molar-refractivity contribution in [1.29, 1.82) is 0 Å². The van der Waals surface area contributed by atoms with Gasteiger partial charge in [0.05, 0.1) is 11.1 Å². The van der Waals surface area contributed by atoms with E-state index in [1.54, 1.807) is 0 Å². The van der Waals surface area contributed by atoms with Crippen molar-refractivity contribution in [3.63, 3.8) is 0 Å². The SMILES string of the molecule is Cc1cc(C2=NC(C)(C)CO2)nc2c3ccc(c12)CCc1ccc(cc1)CC3. The van der Waals surface area contributed by atoms with Crippen LogP contribution in [0.2, 0.25) is 0 Å². The minimum atomic E-state index is -0.173. The first-order chi connectivity index (χ1) is 13.5. The topological polar surface area (TPSA) is 34.5 Å². The number of pyridine rings is 1. The van der Waals surface area contributed by atoms with Gasteiger partial charge in [0.2, 0.25) is 5.90 Å². The molecule has 1 aliphatic heterocycles. The zero-order valence-corrected chi connectivity index (χ0v) is 16.9. The molecule has 3 heteroatoms. The summed E-state index contributed by atoms with van der Waals surface area (Å²) in [6.45, 7) is 7.01. The summed E-state index contributed by atoms with van der Waals surface area (Å²) in [7, 11) is 0. The third kappa shape index (κ3) is 3.09. The van der Waals surface area contributed by atoms with Gasteiger partial charge in [0.1, 0.15) is 12.3 Å². The quantitative estimate of drug-likeness (QED) is 0.605. The van der Waals surface area contributed by atoms with Crippen LogP contribution in [0.4, 0.5) is 0 Å². The number of aromatic nitrogens is 1. The zero-order chi connectivity index (χ0) is 19.3. The highest BCUT2D eigenvalue weighted by Gasteiger charge is 2.28. The summed E-state index contributed by atoms with van der Waals surface area (Å²) < 4.78 is 5.89. The highest BCUT2D eigenvalue weighted by molar-refractivity contribution is 5.98. The Hall–Kier alpha value is -2.68. The lowest BCUT2D eigenvalue weighted by molar-refractivity contribution is 0.279. The maximum Gasteiger partial charge on any atom is 0.236 e. The van der Waals surface area contributed by atoms with Gasteiger partial charge in [-0.2, -0.15) is 0 Å². The maximum absolute atomic E-state index is 5.89. The molecule has 142 valence electrons. The Bertz CT molecular complexity index is 1090. The number of ether oxygens (including phenoxy) is 1. The van der Waals surface area contributed by atoms with Crippen molar-refractivity contribution in [2.24, 2.45) is 4.99 Å². The van der Waals surface area contributed by atoms with Crippen LogP contribution in [0.15, 0.2) is 47.5 Å². The van der Waals surface area contributed by atoms with Crippen molar-refractivity contribution >= 4 is 16.8 Å². The molecule has 0 radical (unpaired) electrons. The van der Waals surface area contributed by atoms with Crippen LogP contribution in [-0.4, -0.2) is 23.0 Å². The van der Waals surface area contributed by atoms with E-state index in [9.17, 15) is 0 Å². The molecule has 2 heterocycles. The van der Waals surface area contributed by atoms with Gasteiger partial charge in [-0.15, -0.1) is 0 Å². The van der Waals surface area contributed by atoms with Crippen molar-refractivity contribution in [3.8, 4) is 0 Å². The lowest BCUT2D eigenvalue weighted by Gasteiger charge is -2.16. The molecular formula is C25H26N2O. The van der Waals surface area contributed by atoms with Gasteiger partial charge in [0.25, 0.3) is 0 Å². The Morgan fingerprint density at radius 1 is 0.857 bits per heavy atom. The fourth-order valence-electron chi connectivity index (χ4n) is 4.34. The van der Waals surface area contributed by atoms with Crippen LogP contribution >= 0.6 is 0 Å². The van der Waals surface area contributed by atoms with Crippen LogP contribution in [0, 0.1) is 6.92 Å². The first-order valence-corrected chi connectivity index (χ1v) is 10.2. The molecule has 0 fully saturated rings. The molecule has 5 aliphatic rings. The number of hydrogen-bond donors (Lipinski definition) is 0. The average molecular weight is 370 g/mol. The minimum absolute atomic E-state index is 0.173. The second-order valence-corrected chi connectivity index (χ2v) is 8.77. The van der Waals surface area contributed by atoms with Crippen LogP contribution in [0.5, 0.6) is 0 Å². The summed E-state index contributed by atoms with van der Waals surface area (Å²) in [6.07, 6.45) is 4.11. The third-order valence-corrected chi connectivity index (χ3v) is 5.90. The first-order valence-electron chi connectivity index (χ1n) is 10.2. The Labute approximate surface area is 166 Å². The molecule has 8 rings (SSSR count). The van der Waals surface area contributed by atoms with E-state index in [0.29, 0.717) is 12.5 Å². The third-order valence-electron chi connectivity index (χ3n) is 5.90. The van der Waals surface area contributed by atoms with Gasteiger partial charge in [0, 0.05) is 5.39 Å². The highest BCUT2D eigenvalue weighted by atomic mass is 16.5. The molecule has 1 aromatic heterocycles. The zero-order valence-electron chi connectivity index (χ0n) is 16.9. The molecule has 0 atom stereocenters. The molecule has 2 aromatic carbocycles. The van der Waals surface area contributed by atoms with Gasteiger partial charge >= 0.3 is 0 Å². The molecule has 4 aliphatic carbocycles. The van der Waals surface area contributed by atoms with Gasteiger partial charge in [-0.1, -0.05) is 36.4 Å². The summed E-state index contributed by atoms with van der Waals surface area (Å²) in [6, 6.07) is 15.9. The van der Waals surface area contributed by atoms with Gasteiger partial charge in [-0.05, 0) is 80.3 Å². The summed E-state index contributed by atoms with van der Waals surface area (Å²) in [5.41, 5.74) is 8.56. The second kappa shape index (κ2) is 6.44. The number of nitrogens with zero attached hydrogens (tertiary/aromatic N) is 2. The van der Waals surface area contributed by atoms with E-state index in [0.717, 1.165) is 36.9 Å². The maximum atomic E-state index is 5.89. The lowest BCUT2D eigenvalue weighted by atomic mass is 9.91. The van der Waals surface area contributed by atoms with Crippen molar-refractivity contribution in [3.05, 3.63) is 76.0 Å². The highest BCUT2D eigenvalue weighted by Crippen LogP contribution is 2.30. The molecule has 28 heavy (non-hydrogen) atoms. The van der Waals surface area contributed by atoms with E-state index in [4.69, 9.17) is 14.7 Å². The molecule has 0 saturated carbocycles. The summed E-state index contributed by atoms with van der Waals surface area (Å²) in [5, 5.41) is 1.31. The van der Waals surface area contributed by atoms with E-state index in [1.807, 2.05) is 0 Å². The number of benzene rings is 2. The Morgan fingerprint density at radius 3 is 2.14 bits per heavy atom. The molecule has 0 unspecified atom stereocenters. The van der Waals surface area contributed by atoms with Crippen molar-refractivity contribution in [1.82, 2.24) is 4.98 Å². The Morgan fingerprint density at radius 2 is 1.50 bits per heavy atom. The number of rotatable bonds is 1. The predicted molar refractivity (Wildman–Crippen MR) is 114 cm³/mol. The normalized spacial score (nSPS) is 17.9. The lowest BCUT2D eigenvalue weighted by Crippen LogP contribution is -2.17. The van der Waals surface area contributed by atoms with Crippen LogP contribution in [0.1, 0.15) is 47.4 Å². The van der Waals surface area contributed by atoms with Gasteiger partial charge < -0.3 is 4.74 Å². The van der Waals surface area contributed by atoms with Crippen LogP contribution < -0.4 is 0 Å². The smallest absolute Gasteiger partial charge is 0.236 e. The predicted octanol–water partition coefficient (Wildman–Crippen LogP) is 4.98. The van der Waals surface area contributed by atoms with Crippen molar-refractivity contribution in [2.75, 3.05) is 6.61 Å². The van der Waals surface area contributed by atoms with Crippen LogP contribution in [-0.2, 0) is 30.4 Å². The first kappa shape index (κ1) is 17.4. The number of hydrogen-bond acceptors (Lipinski definition) is 3. The Kier molecular flexibility index (Phi) is 4.01. The van der Waals surface area contributed by atoms with Gasteiger partial charge in [-0.25, -0.2) is 9.98 Å². The molecule has 4 bridgehead atoms. The summed E-state index contributed by atoms with van der Waals surface area (Å²) in [5.74, 6) is 0.683. The van der Waals surface area contributed by atoms with Crippen molar-refractivity contribution < 1.29 is 4.74 Å². The van der Waals surface area contributed by atoms with Crippen LogP contribution in [0.25, 0.3) is 10.9 Å². The van der Waals surface area contributed by atoms with E-state index >= 15 is 0 Å². The van der Waals surface area contributed by atoms with Gasteiger partial charge in [0.15, 0.2) is 0 Å².